The predicted octanol–water partition coefficient (Wildman–Crippen LogP) is 2.31. The van der Waals surface area contributed by atoms with Crippen LogP contribution in [0.5, 0.6) is 0 Å². The molecule has 0 saturated carbocycles. The van der Waals surface area contributed by atoms with E-state index in [2.05, 4.69) is 22.9 Å². The summed E-state index contributed by atoms with van der Waals surface area (Å²) in [6, 6.07) is 6.85. The second-order valence-corrected chi connectivity index (χ2v) is 6.45. The lowest BCUT2D eigenvalue weighted by Crippen LogP contribution is -2.46. The molecule has 2 unspecified atom stereocenters. The Bertz CT molecular complexity index is 746. The fraction of sp³-hybridized carbons (Fsp3) is 0.588. The van der Waals surface area contributed by atoms with Gasteiger partial charge in [0.05, 0.1) is 31.0 Å². The van der Waals surface area contributed by atoms with Crippen molar-refractivity contribution >= 4 is 11.5 Å². The van der Waals surface area contributed by atoms with Crippen molar-refractivity contribution in [3.8, 4) is 6.07 Å². The third kappa shape index (κ3) is 2.45. The molecule has 6 heteroatoms. The maximum atomic E-state index is 9.33. The van der Waals surface area contributed by atoms with Crippen LogP contribution in [0.4, 0.5) is 5.82 Å². The van der Waals surface area contributed by atoms with Crippen LogP contribution in [0, 0.1) is 11.3 Å². The molecule has 2 atom stereocenters. The topological polar surface area (TPSA) is 66.5 Å². The van der Waals surface area contributed by atoms with Crippen molar-refractivity contribution in [3.63, 3.8) is 0 Å². The van der Waals surface area contributed by atoms with Gasteiger partial charge >= 0.3 is 0 Å². The first-order chi connectivity index (χ1) is 11.3. The maximum absolute atomic E-state index is 9.33. The number of nitrogens with zero attached hydrogens (tertiary/aromatic N) is 5. The molecule has 0 radical (unpaired) electrons. The smallest absolute Gasteiger partial charge is 0.159 e. The van der Waals surface area contributed by atoms with Crippen LogP contribution in [-0.4, -0.2) is 39.9 Å². The number of hydrogen-bond acceptors (Lipinski definition) is 5. The molecule has 2 bridgehead atoms. The van der Waals surface area contributed by atoms with Gasteiger partial charge in [-0.1, -0.05) is 13.3 Å². The monoisotopic (exact) mass is 311 g/mol. The summed E-state index contributed by atoms with van der Waals surface area (Å²) < 4.78 is 7.60. The third-order valence-electron chi connectivity index (χ3n) is 4.86. The summed E-state index contributed by atoms with van der Waals surface area (Å²) in [4.78, 5) is 6.83. The van der Waals surface area contributed by atoms with Crippen molar-refractivity contribution < 1.29 is 4.74 Å². The zero-order valence-electron chi connectivity index (χ0n) is 13.4. The van der Waals surface area contributed by atoms with Gasteiger partial charge < -0.3 is 9.64 Å². The van der Waals surface area contributed by atoms with Crippen LogP contribution in [0.3, 0.4) is 0 Å². The number of ether oxygens (including phenoxy) is 1. The fourth-order valence-corrected chi connectivity index (χ4v) is 3.73. The molecule has 2 fully saturated rings. The van der Waals surface area contributed by atoms with E-state index in [-0.39, 0.29) is 0 Å². The van der Waals surface area contributed by atoms with E-state index in [1.165, 1.54) is 0 Å². The van der Waals surface area contributed by atoms with Crippen LogP contribution in [0.15, 0.2) is 12.1 Å². The average molecular weight is 311 g/mol. The van der Waals surface area contributed by atoms with Gasteiger partial charge in [-0.2, -0.15) is 14.9 Å². The standard InChI is InChI=1S/C17H21N5O/c1-2-3-4-12-7-16-19-13(9-18)8-17(22(16)20-12)21-14-5-6-15(21)11-23-10-14/h7-8,14-15H,2-6,10-11H2,1H3. The van der Waals surface area contributed by atoms with E-state index in [4.69, 9.17) is 9.84 Å². The van der Waals surface area contributed by atoms with E-state index in [1.807, 2.05) is 16.6 Å². The minimum absolute atomic E-state index is 0.384. The first-order valence-electron chi connectivity index (χ1n) is 8.46. The number of hydrogen-bond donors (Lipinski definition) is 0. The molecule has 0 amide bonds. The summed E-state index contributed by atoms with van der Waals surface area (Å²) in [7, 11) is 0. The zero-order valence-corrected chi connectivity index (χ0v) is 13.4. The molecule has 0 aliphatic carbocycles. The number of nitriles is 1. The van der Waals surface area contributed by atoms with Gasteiger partial charge in [-0.3, -0.25) is 0 Å². The normalized spacial score (nSPS) is 23.4. The van der Waals surface area contributed by atoms with Gasteiger partial charge in [0.1, 0.15) is 17.6 Å². The zero-order chi connectivity index (χ0) is 15.8. The van der Waals surface area contributed by atoms with Gasteiger partial charge in [-0.05, 0) is 25.7 Å². The number of aromatic nitrogens is 3. The molecule has 2 aliphatic rings. The molecule has 2 saturated heterocycles. The Morgan fingerprint density at radius 2 is 2.09 bits per heavy atom. The molecule has 2 aliphatic heterocycles. The van der Waals surface area contributed by atoms with Crippen LogP contribution in [0.2, 0.25) is 0 Å². The SMILES string of the molecule is CCCCc1cc2nc(C#N)cc(N3C4CCC3COC4)n2n1. The molecular weight excluding hydrogens is 290 g/mol. The van der Waals surface area contributed by atoms with Crippen molar-refractivity contribution in [2.45, 2.75) is 51.1 Å². The van der Waals surface area contributed by atoms with Crippen molar-refractivity contribution in [1.29, 1.82) is 5.26 Å². The second kappa shape index (κ2) is 5.82. The Kier molecular flexibility index (Phi) is 3.66. The number of fused-ring (bicyclic) bond motifs is 3. The molecule has 4 heterocycles. The fourth-order valence-electron chi connectivity index (χ4n) is 3.73. The van der Waals surface area contributed by atoms with Crippen molar-refractivity contribution in [2.24, 2.45) is 0 Å². The molecule has 120 valence electrons. The molecule has 6 nitrogen and oxygen atoms in total. The van der Waals surface area contributed by atoms with E-state index >= 15 is 0 Å². The number of morpholine rings is 1. The van der Waals surface area contributed by atoms with E-state index in [1.54, 1.807) is 0 Å². The Balaban J connectivity index is 1.81. The van der Waals surface area contributed by atoms with Crippen LogP contribution in [-0.2, 0) is 11.2 Å². The Morgan fingerprint density at radius 3 is 2.78 bits per heavy atom. The van der Waals surface area contributed by atoms with Gasteiger partial charge in [0.2, 0.25) is 0 Å². The molecule has 0 N–H and O–H groups in total. The lowest BCUT2D eigenvalue weighted by Gasteiger charge is -2.36. The maximum Gasteiger partial charge on any atom is 0.159 e. The first kappa shape index (κ1) is 14.5. The lowest BCUT2D eigenvalue weighted by atomic mass is 10.2. The Labute approximate surface area is 135 Å². The Hall–Kier alpha value is -2.13. The summed E-state index contributed by atoms with van der Waals surface area (Å²) in [5, 5.41) is 14.1. The van der Waals surface area contributed by atoms with Gasteiger partial charge in [0.25, 0.3) is 0 Å². The minimum atomic E-state index is 0.384. The van der Waals surface area contributed by atoms with Crippen molar-refractivity contribution in [3.05, 3.63) is 23.5 Å². The highest BCUT2D eigenvalue weighted by molar-refractivity contribution is 5.56. The van der Waals surface area contributed by atoms with Crippen LogP contribution in [0.25, 0.3) is 5.65 Å². The van der Waals surface area contributed by atoms with Crippen LogP contribution in [0.1, 0.15) is 44.0 Å². The summed E-state index contributed by atoms with van der Waals surface area (Å²) in [5.41, 5.74) is 2.28. The van der Waals surface area contributed by atoms with E-state index in [9.17, 15) is 5.26 Å². The summed E-state index contributed by atoms with van der Waals surface area (Å²) in [6.07, 6.45) is 5.50. The number of rotatable bonds is 4. The van der Waals surface area contributed by atoms with Crippen molar-refractivity contribution in [2.75, 3.05) is 18.1 Å². The second-order valence-electron chi connectivity index (χ2n) is 6.45. The molecule has 2 aromatic rings. The predicted molar refractivity (Wildman–Crippen MR) is 86.4 cm³/mol. The lowest BCUT2D eigenvalue weighted by molar-refractivity contribution is 0.0900. The first-order valence-corrected chi connectivity index (χ1v) is 8.46. The van der Waals surface area contributed by atoms with Gasteiger partial charge in [0.15, 0.2) is 5.65 Å². The minimum Gasteiger partial charge on any atom is -0.377 e. The molecule has 2 aromatic heterocycles. The van der Waals surface area contributed by atoms with E-state index < -0.39 is 0 Å². The highest BCUT2D eigenvalue weighted by Crippen LogP contribution is 2.34. The summed E-state index contributed by atoms with van der Waals surface area (Å²) in [5.74, 6) is 0.991. The molecule has 23 heavy (non-hydrogen) atoms. The quantitative estimate of drug-likeness (QED) is 0.867. The highest BCUT2D eigenvalue weighted by atomic mass is 16.5. The average Bonchev–Trinajstić information content (AvgIpc) is 3.09. The van der Waals surface area contributed by atoms with Crippen molar-refractivity contribution in [1.82, 2.24) is 14.6 Å². The number of anilines is 1. The Morgan fingerprint density at radius 1 is 1.30 bits per heavy atom. The van der Waals surface area contributed by atoms with Gasteiger partial charge in [-0.15, -0.1) is 0 Å². The van der Waals surface area contributed by atoms with Gasteiger partial charge in [0, 0.05) is 12.1 Å². The number of unbranched alkanes of at least 4 members (excludes halogenated alkanes) is 1. The molecular formula is C17H21N5O. The van der Waals surface area contributed by atoms with E-state index in [0.717, 1.165) is 62.5 Å². The molecule has 0 spiro atoms. The number of aryl methyl sites for hydroxylation is 1. The third-order valence-corrected chi connectivity index (χ3v) is 4.86. The highest BCUT2D eigenvalue weighted by Gasteiger charge is 2.39. The summed E-state index contributed by atoms with van der Waals surface area (Å²) in [6.45, 7) is 3.69. The molecule has 4 rings (SSSR count). The van der Waals surface area contributed by atoms with E-state index in [0.29, 0.717) is 17.8 Å². The van der Waals surface area contributed by atoms with Gasteiger partial charge in [-0.25, -0.2) is 4.98 Å². The van der Waals surface area contributed by atoms with Crippen LogP contribution >= 0.6 is 0 Å². The summed E-state index contributed by atoms with van der Waals surface area (Å²) >= 11 is 0. The van der Waals surface area contributed by atoms with Crippen LogP contribution < -0.4 is 4.90 Å². The largest absolute Gasteiger partial charge is 0.377 e. The molecule has 0 aromatic carbocycles.